The van der Waals surface area contributed by atoms with E-state index in [1.807, 2.05) is 25.1 Å². The molecule has 0 aromatic heterocycles. The van der Waals surface area contributed by atoms with E-state index in [4.69, 9.17) is 17.3 Å². The Labute approximate surface area is 122 Å². The molecule has 1 atom stereocenters. The Morgan fingerprint density at radius 2 is 1.90 bits per heavy atom. The van der Waals surface area contributed by atoms with Gasteiger partial charge in [0.15, 0.2) is 0 Å². The van der Waals surface area contributed by atoms with Crippen LogP contribution in [0.4, 0.5) is 5.69 Å². The number of nitro groups is 1. The van der Waals surface area contributed by atoms with E-state index in [0.717, 1.165) is 16.7 Å². The highest BCUT2D eigenvalue weighted by Crippen LogP contribution is 2.23. The van der Waals surface area contributed by atoms with Crippen LogP contribution in [0.3, 0.4) is 0 Å². The molecule has 0 aliphatic rings. The molecule has 0 heterocycles. The molecular weight excluding hydrogens is 276 g/mol. The molecule has 0 amide bonds. The quantitative estimate of drug-likeness (QED) is 0.688. The molecule has 2 rings (SSSR count). The number of nitrogens with two attached hydrogens (primary N) is 1. The smallest absolute Gasteiger partial charge is 0.269 e. The molecule has 104 valence electrons. The topological polar surface area (TPSA) is 69.2 Å². The minimum atomic E-state index is -0.413. The first-order chi connectivity index (χ1) is 9.47. The van der Waals surface area contributed by atoms with Crippen LogP contribution >= 0.6 is 11.6 Å². The summed E-state index contributed by atoms with van der Waals surface area (Å²) in [5.41, 5.74) is 9.16. The lowest BCUT2D eigenvalue weighted by Gasteiger charge is -2.13. The normalized spacial score (nSPS) is 12.2. The molecule has 2 aromatic carbocycles. The third-order valence-electron chi connectivity index (χ3n) is 3.23. The summed E-state index contributed by atoms with van der Waals surface area (Å²) in [6, 6.07) is 12.0. The van der Waals surface area contributed by atoms with Gasteiger partial charge in [-0.25, -0.2) is 0 Å². The summed E-state index contributed by atoms with van der Waals surface area (Å²) in [4.78, 5) is 10.2. The molecule has 1 unspecified atom stereocenters. The number of nitrogens with zero attached hydrogens (tertiary/aromatic N) is 1. The monoisotopic (exact) mass is 290 g/mol. The van der Waals surface area contributed by atoms with Crippen LogP contribution in [0.1, 0.15) is 22.7 Å². The second kappa shape index (κ2) is 6.03. The maximum atomic E-state index is 10.6. The van der Waals surface area contributed by atoms with Gasteiger partial charge in [-0.1, -0.05) is 35.9 Å². The number of hydrogen-bond acceptors (Lipinski definition) is 3. The minimum absolute atomic E-state index is 0.0840. The number of hydrogen-bond donors (Lipinski definition) is 1. The predicted molar refractivity (Wildman–Crippen MR) is 79.9 cm³/mol. The number of non-ortho nitro benzene ring substituents is 1. The Bertz CT molecular complexity index is 626. The molecule has 0 aliphatic carbocycles. The number of rotatable bonds is 4. The van der Waals surface area contributed by atoms with E-state index in [9.17, 15) is 10.1 Å². The number of nitro benzene ring substituents is 1. The van der Waals surface area contributed by atoms with Crippen molar-refractivity contribution < 1.29 is 4.92 Å². The highest BCUT2D eigenvalue weighted by atomic mass is 35.5. The fraction of sp³-hybridized carbons (Fsp3) is 0.200. The molecule has 0 radical (unpaired) electrons. The summed E-state index contributed by atoms with van der Waals surface area (Å²) in [5.74, 6) is 0. The number of benzene rings is 2. The van der Waals surface area contributed by atoms with Crippen LogP contribution in [-0.2, 0) is 6.42 Å². The first-order valence-electron chi connectivity index (χ1n) is 6.22. The molecule has 0 bridgehead atoms. The second-order valence-corrected chi connectivity index (χ2v) is 5.15. The van der Waals surface area contributed by atoms with E-state index in [0.29, 0.717) is 11.4 Å². The van der Waals surface area contributed by atoms with Gasteiger partial charge < -0.3 is 5.73 Å². The maximum absolute atomic E-state index is 10.6. The molecule has 20 heavy (non-hydrogen) atoms. The van der Waals surface area contributed by atoms with Crippen LogP contribution in [0.15, 0.2) is 42.5 Å². The number of aryl methyl sites for hydroxylation is 1. The average molecular weight is 291 g/mol. The second-order valence-electron chi connectivity index (χ2n) is 4.74. The summed E-state index contributed by atoms with van der Waals surface area (Å²) < 4.78 is 0. The van der Waals surface area contributed by atoms with Gasteiger partial charge in [-0.3, -0.25) is 10.1 Å². The molecule has 2 aromatic rings. The Morgan fingerprint density at radius 1 is 1.25 bits per heavy atom. The van der Waals surface area contributed by atoms with Gasteiger partial charge in [-0.2, -0.15) is 0 Å². The molecule has 5 heteroatoms. The van der Waals surface area contributed by atoms with Gasteiger partial charge in [0, 0.05) is 23.2 Å². The van der Waals surface area contributed by atoms with Gasteiger partial charge in [0.05, 0.1) is 4.92 Å². The van der Waals surface area contributed by atoms with Gasteiger partial charge in [-0.15, -0.1) is 0 Å². The van der Waals surface area contributed by atoms with E-state index in [1.54, 1.807) is 12.1 Å². The molecule has 0 saturated carbocycles. The van der Waals surface area contributed by atoms with E-state index in [2.05, 4.69) is 0 Å². The summed E-state index contributed by atoms with van der Waals surface area (Å²) >= 11 is 6.09. The largest absolute Gasteiger partial charge is 0.324 e. The fourth-order valence-electron chi connectivity index (χ4n) is 1.97. The molecule has 2 N–H and O–H groups in total. The van der Waals surface area contributed by atoms with Crippen LogP contribution in [-0.4, -0.2) is 4.92 Å². The van der Waals surface area contributed by atoms with Crippen molar-refractivity contribution in [2.45, 2.75) is 19.4 Å². The van der Waals surface area contributed by atoms with Crippen molar-refractivity contribution in [1.82, 2.24) is 0 Å². The van der Waals surface area contributed by atoms with Crippen LogP contribution in [0.5, 0.6) is 0 Å². The lowest BCUT2D eigenvalue weighted by molar-refractivity contribution is -0.384. The molecular formula is C15H15ClN2O2. The van der Waals surface area contributed by atoms with Crippen molar-refractivity contribution in [3.63, 3.8) is 0 Å². The van der Waals surface area contributed by atoms with Crippen molar-refractivity contribution in [3.05, 3.63) is 74.3 Å². The Hall–Kier alpha value is -1.91. The van der Waals surface area contributed by atoms with Crippen LogP contribution in [0.25, 0.3) is 0 Å². The Morgan fingerprint density at radius 3 is 2.45 bits per heavy atom. The van der Waals surface area contributed by atoms with E-state index < -0.39 is 4.92 Å². The van der Waals surface area contributed by atoms with Crippen molar-refractivity contribution in [2.75, 3.05) is 0 Å². The number of halogens is 1. The standard InChI is InChI=1S/C15H15ClN2O2/c1-10-2-5-12(9-14(10)16)15(17)8-11-3-6-13(7-4-11)18(19)20/h2-7,9,15H,8,17H2,1H3. The van der Waals surface area contributed by atoms with E-state index >= 15 is 0 Å². The molecule has 0 spiro atoms. The lowest BCUT2D eigenvalue weighted by atomic mass is 9.99. The van der Waals surface area contributed by atoms with Gasteiger partial charge in [0.1, 0.15) is 0 Å². The Kier molecular flexibility index (Phi) is 4.37. The SMILES string of the molecule is Cc1ccc(C(N)Cc2ccc([N+](=O)[O-])cc2)cc1Cl. The Balaban J connectivity index is 2.12. The molecule has 0 fully saturated rings. The van der Waals surface area contributed by atoms with E-state index in [1.165, 1.54) is 12.1 Å². The first-order valence-corrected chi connectivity index (χ1v) is 6.60. The summed E-state index contributed by atoms with van der Waals surface area (Å²) in [5, 5.41) is 11.3. The molecule has 0 saturated heterocycles. The van der Waals surface area contributed by atoms with Gasteiger partial charge in [0.25, 0.3) is 5.69 Å². The zero-order chi connectivity index (χ0) is 14.7. The zero-order valence-corrected chi connectivity index (χ0v) is 11.8. The highest BCUT2D eigenvalue weighted by molar-refractivity contribution is 6.31. The molecule has 4 nitrogen and oxygen atoms in total. The first kappa shape index (κ1) is 14.5. The van der Waals surface area contributed by atoms with E-state index in [-0.39, 0.29) is 11.7 Å². The van der Waals surface area contributed by atoms with Gasteiger partial charge >= 0.3 is 0 Å². The molecule has 0 aliphatic heterocycles. The maximum Gasteiger partial charge on any atom is 0.269 e. The van der Waals surface area contributed by atoms with Crippen molar-refractivity contribution in [1.29, 1.82) is 0 Å². The lowest BCUT2D eigenvalue weighted by Crippen LogP contribution is -2.13. The van der Waals surface area contributed by atoms with Crippen LogP contribution in [0, 0.1) is 17.0 Å². The third kappa shape index (κ3) is 3.35. The fourth-order valence-corrected chi connectivity index (χ4v) is 2.15. The van der Waals surface area contributed by atoms with Crippen LogP contribution < -0.4 is 5.73 Å². The average Bonchev–Trinajstić information content (AvgIpc) is 2.42. The van der Waals surface area contributed by atoms with Crippen molar-refractivity contribution in [2.24, 2.45) is 5.73 Å². The van der Waals surface area contributed by atoms with Gasteiger partial charge in [-0.05, 0) is 36.1 Å². The summed E-state index contributed by atoms with van der Waals surface area (Å²) in [7, 11) is 0. The highest BCUT2D eigenvalue weighted by Gasteiger charge is 2.10. The zero-order valence-electron chi connectivity index (χ0n) is 11.0. The predicted octanol–water partition coefficient (Wildman–Crippen LogP) is 3.80. The van der Waals surface area contributed by atoms with Crippen LogP contribution in [0.2, 0.25) is 5.02 Å². The minimum Gasteiger partial charge on any atom is -0.324 e. The third-order valence-corrected chi connectivity index (χ3v) is 3.63. The van der Waals surface area contributed by atoms with Crippen molar-refractivity contribution in [3.8, 4) is 0 Å². The van der Waals surface area contributed by atoms with Gasteiger partial charge in [0.2, 0.25) is 0 Å². The summed E-state index contributed by atoms with van der Waals surface area (Å²) in [6.45, 7) is 1.94. The van der Waals surface area contributed by atoms with Crippen molar-refractivity contribution >= 4 is 17.3 Å². The summed E-state index contributed by atoms with van der Waals surface area (Å²) in [6.07, 6.45) is 0.609.